The van der Waals surface area contributed by atoms with Crippen LogP contribution >= 0.6 is 23.2 Å². The van der Waals surface area contributed by atoms with Crippen molar-refractivity contribution in [1.82, 2.24) is 9.97 Å². The monoisotopic (exact) mass is 283 g/mol. The van der Waals surface area contributed by atoms with Crippen LogP contribution in [0.5, 0.6) is 0 Å². The van der Waals surface area contributed by atoms with Crippen LogP contribution in [0.15, 0.2) is 30.5 Å². The average Bonchev–Trinajstić information content (AvgIpc) is 2.45. The molecule has 5 heteroatoms. The Kier molecular flexibility index (Phi) is 4.25. The van der Waals surface area contributed by atoms with E-state index in [1.54, 1.807) is 6.20 Å². The third-order valence-electron chi connectivity index (χ3n) is 3.03. The van der Waals surface area contributed by atoms with Crippen LogP contribution < -0.4 is 5.32 Å². The van der Waals surface area contributed by atoms with Gasteiger partial charge in [0.2, 0.25) is 0 Å². The third-order valence-corrected chi connectivity index (χ3v) is 4.05. The lowest BCUT2D eigenvalue weighted by Crippen LogP contribution is -2.42. The van der Waals surface area contributed by atoms with Crippen molar-refractivity contribution in [3.63, 3.8) is 0 Å². The van der Waals surface area contributed by atoms with E-state index >= 15 is 0 Å². The molecule has 1 heterocycles. The predicted molar refractivity (Wildman–Crippen MR) is 77.6 cm³/mol. The highest BCUT2D eigenvalue weighted by atomic mass is 35.5. The van der Waals surface area contributed by atoms with Crippen molar-refractivity contribution >= 4 is 40.1 Å². The number of anilines is 1. The number of halogens is 2. The molecule has 2 aromatic rings. The molecule has 1 aromatic carbocycles. The van der Waals surface area contributed by atoms with Gasteiger partial charge in [-0.15, -0.1) is 23.2 Å². The molecule has 96 valence electrons. The molecule has 0 radical (unpaired) electrons. The van der Waals surface area contributed by atoms with Gasteiger partial charge in [-0.3, -0.25) is 4.98 Å². The number of fused-ring (bicyclic) bond motifs is 1. The third kappa shape index (κ3) is 2.68. The smallest absolute Gasteiger partial charge is 0.145 e. The lowest BCUT2D eigenvalue weighted by Gasteiger charge is -2.29. The molecule has 0 aliphatic heterocycles. The lowest BCUT2D eigenvalue weighted by atomic mass is 10.0. The number of alkyl halides is 2. The first-order valence-electron chi connectivity index (χ1n) is 5.85. The second-order valence-corrected chi connectivity index (χ2v) is 4.80. The lowest BCUT2D eigenvalue weighted by molar-refractivity contribution is 0.558. The van der Waals surface area contributed by atoms with Crippen LogP contribution in [0.1, 0.15) is 13.3 Å². The minimum absolute atomic E-state index is 0.333. The van der Waals surface area contributed by atoms with E-state index in [4.69, 9.17) is 23.2 Å². The summed E-state index contributed by atoms with van der Waals surface area (Å²) in [4.78, 5) is 8.87. The number of para-hydroxylation sites is 2. The van der Waals surface area contributed by atoms with Crippen LogP contribution in [-0.2, 0) is 0 Å². The zero-order valence-electron chi connectivity index (χ0n) is 10.2. The molecular formula is C13H15Cl2N3. The molecule has 18 heavy (non-hydrogen) atoms. The van der Waals surface area contributed by atoms with Crippen LogP contribution in [0.2, 0.25) is 0 Å². The summed E-state index contributed by atoms with van der Waals surface area (Å²) in [5.74, 6) is 1.57. The van der Waals surface area contributed by atoms with E-state index in [0.717, 1.165) is 17.5 Å². The minimum Gasteiger partial charge on any atom is -0.361 e. The summed E-state index contributed by atoms with van der Waals surface area (Å²) in [6, 6.07) is 7.75. The highest BCUT2D eigenvalue weighted by Gasteiger charge is 2.26. The molecule has 2 rings (SSSR count). The summed E-state index contributed by atoms with van der Waals surface area (Å²) in [5.41, 5.74) is 1.40. The first-order valence-corrected chi connectivity index (χ1v) is 6.92. The quantitative estimate of drug-likeness (QED) is 0.851. The van der Waals surface area contributed by atoms with E-state index in [1.165, 1.54) is 0 Å². The molecule has 0 aliphatic carbocycles. The Morgan fingerprint density at radius 3 is 2.44 bits per heavy atom. The summed E-state index contributed by atoms with van der Waals surface area (Å²) in [5, 5.41) is 3.30. The van der Waals surface area contributed by atoms with E-state index in [0.29, 0.717) is 17.6 Å². The summed E-state index contributed by atoms with van der Waals surface area (Å²) in [7, 11) is 0. The molecule has 0 saturated heterocycles. The summed E-state index contributed by atoms with van der Waals surface area (Å²) in [6.45, 7) is 2.05. The summed E-state index contributed by atoms with van der Waals surface area (Å²) < 4.78 is 0. The highest BCUT2D eigenvalue weighted by molar-refractivity contribution is 6.22. The van der Waals surface area contributed by atoms with Gasteiger partial charge < -0.3 is 5.32 Å². The largest absolute Gasteiger partial charge is 0.361 e. The Hall–Kier alpha value is -1.06. The van der Waals surface area contributed by atoms with E-state index in [-0.39, 0.29) is 5.54 Å². The van der Waals surface area contributed by atoms with Crippen LogP contribution in [0.4, 0.5) is 5.82 Å². The fraction of sp³-hybridized carbons (Fsp3) is 0.385. The van der Waals surface area contributed by atoms with Gasteiger partial charge in [-0.25, -0.2) is 4.98 Å². The maximum Gasteiger partial charge on any atom is 0.145 e. The Balaban J connectivity index is 2.31. The second-order valence-electron chi connectivity index (χ2n) is 4.27. The zero-order valence-corrected chi connectivity index (χ0v) is 11.7. The fourth-order valence-corrected chi connectivity index (χ4v) is 2.47. The Bertz CT molecular complexity index is 518. The number of hydrogen-bond donors (Lipinski definition) is 1. The number of hydrogen-bond acceptors (Lipinski definition) is 3. The number of nitrogens with one attached hydrogen (secondary N) is 1. The molecule has 0 atom stereocenters. The minimum atomic E-state index is -0.333. The molecule has 3 nitrogen and oxygen atoms in total. The van der Waals surface area contributed by atoms with Gasteiger partial charge in [-0.2, -0.15) is 0 Å². The van der Waals surface area contributed by atoms with Crippen molar-refractivity contribution in [1.29, 1.82) is 0 Å². The van der Waals surface area contributed by atoms with Crippen molar-refractivity contribution < 1.29 is 0 Å². The predicted octanol–water partition coefficient (Wildman–Crippen LogP) is 3.67. The molecule has 1 N–H and O–H groups in total. The number of benzene rings is 1. The Morgan fingerprint density at radius 2 is 1.83 bits per heavy atom. The van der Waals surface area contributed by atoms with E-state index in [1.807, 2.05) is 31.2 Å². The molecule has 0 amide bonds. The summed E-state index contributed by atoms with van der Waals surface area (Å²) >= 11 is 12.0. The SMILES string of the molecule is CCC(CCl)(CCl)Nc1cnc2ccccc2n1. The van der Waals surface area contributed by atoms with Crippen molar-refractivity contribution in [3.8, 4) is 0 Å². The Labute approximate surface area is 117 Å². The molecule has 0 spiro atoms. The van der Waals surface area contributed by atoms with Crippen LogP contribution in [0.25, 0.3) is 11.0 Å². The topological polar surface area (TPSA) is 37.8 Å². The van der Waals surface area contributed by atoms with Crippen molar-refractivity contribution in [2.75, 3.05) is 17.1 Å². The van der Waals surface area contributed by atoms with E-state index in [9.17, 15) is 0 Å². The molecule has 0 fully saturated rings. The van der Waals surface area contributed by atoms with Crippen LogP contribution in [-0.4, -0.2) is 27.3 Å². The zero-order chi connectivity index (χ0) is 13.0. The highest BCUT2D eigenvalue weighted by Crippen LogP contribution is 2.21. The van der Waals surface area contributed by atoms with Crippen molar-refractivity contribution in [3.05, 3.63) is 30.5 Å². The van der Waals surface area contributed by atoms with E-state index < -0.39 is 0 Å². The fourth-order valence-electron chi connectivity index (χ4n) is 1.67. The van der Waals surface area contributed by atoms with Crippen molar-refractivity contribution in [2.45, 2.75) is 18.9 Å². The molecular weight excluding hydrogens is 269 g/mol. The van der Waals surface area contributed by atoms with Gasteiger partial charge in [0.25, 0.3) is 0 Å². The maximum atomic E-state index is 6.00. The number of aromatic nitrogens is 2. The van der Waals surface area contributed by atoms with Gasteiger partial charge in [0.1, 0.15) is 5.82 Å². The van der Waals surface area contributed by atoms with E-state index in [2.05, 4.69) is 15.3 Å². The van der Waals surface area contributed by atoms with Crippen LogP contribution in [0.3, 0.4) is 0 Å². The maximum absolute atomic E-state index is 6.00. The molecule has 0 unspecified atom stereocenters. The first kappa shape index (κ1) is 13.4. The standard InChI is InChI=1S/C13H15Cl2N3/c1-2-13(8-14,9-15)18-12-7-16-10-5-3-4-6-11(10)17-12/h3-7H,2,8-9H2,1H3,(H,17,18). The van der Waals surface area contributed by atoms with Crippen LogP contribution in [0, 0.1) is 0 Å². The van der Waals surface area contributed by atoms with Gasteiger partial charge in [-0.05, 0) is 18.6 Å². The van der Waals surface area contributed by atoms with Gasteiger partial charge in [0.15, 0.2) is 0 Å². The Morgan fingerprint density at radius 1 is 1.17 bits per heavy atom. The van der Waals surface area contributed by atoms with Gasteiger partial charge in [-0.1, -0.05) is 19.1 Å². The van der Waals surface area contributed by atoms with Gasteiger partial charge in [0, 0.05) is 11.8 Å². The normalized spacial score (nSPS) is 11.7. The second kappa shape index (κ2) is 5.72. The molecule has 0 aliphatic rings. The van der Waals surface area contributed by atoms with Gasteiger partial charge >= 0.3 is 0 Å². The number of nitrogens with zero attached hydrogens (tertiary/aromatic N) is 2. The molecule has 0 saturated carbocycles. The molecule has 1 aromatic heterocycles. The van der Waals surface area contributed by atoms with Crippen molar-refractivity contribution in [2.24, 2.45) is 0 Å². The molecule has 0 bridgehead atoms. The average molecular weight is 284 g/mol. The first-order chi connectivity index (χ1) is 8.73. The number of rotatable bonds is 5. The summed E-state index contributed by atoms with van der Waals surface area (Å²) in [6.07, 6.45) is 2.54. The van der Waals surface area contributed by atoms with Gasteiger partial charge in [0.05, 0.1) is 22.8 Å².